The fourth-order valence-corrected chi connectivity index (χ4v) is 4.91. The zero-order valence-corrected chi connectivity index (χ0v) is 14.9. The lowest BCUT2D eigenvalue weighted by Gasteiger charge is -2.20. The summed E-state index contributed by atoms with van der Waals surface area (Å²) in [7, 11) is 0. The fourth-order valence-electron chi connectivity index (χ4n) is 2.65. The van der Waals surface area contributed by atoms with E-state index in [1.54, 1.807) is 22.7 Å². The predicted molar refractivity (Wildman–Crippen MR) is 93.8 cm³/mol. The summed E-state index contributed by atoms with van der Waals surface area (Å²) in [6.45, 7) is 6.61. The van der Waals surface area contributed by atoms with E-state index in [-0.39, 0.29) is 0 Å². The Hall–Kier alpha value is -0.100. The molecule has 1 aliphatic rings. The molecule has 3 rings (SSSR count). The van der Waals surface area contributed by atoms with E-state index in [2.05, 4.69) is 21.9 Å². The van der Waals surface area contributed by atoms with Gasteiger partial charge >= 0.3 is 0 Å². The van der Waals surface area contributed by atoms with Gasteiger partial charge in [0.15, 0.2) is 0 Å². The zero-order chi connectivity index (χ0) is 14.7. The van der Waals surface area contributed by atoms with Crippen molar-refractivity contribution in [3.05, 3.63) is 42.7 Å². The maximum atomic E-state index is 6.01. The van der Waals surface area contributed by atoms with Crippen LogP contribution in [0.25, 0.3) is 0 Å². The first kappa shape index (κ1) is 15.8. The second-order valence-electron chi connectivity index (χ2n) is 5.32. The molecule has 1 aliphatic heterocycles. The standard InChI is InChI=1S/C15H18Cl2N2S2/c16-14-4-2-12(20-14)10-18-6-1-7-19(9-8-18)11-13-3-5-15(17)21-13/h2-5H,1,6-11H2. The highest BCUT2D eigenvalue weighted by atomic mass is 35.5. The number of hydrogen-bond acceptors (Lipinski definition) is 4. The molecule has 0 amide bonds. The first-order valence-corrected chi connectivity index (χ1v) is 9.51. The van der Waals surface area contributed by atoms with E-state index < -0.39 is 0 Å². The van der Waals surface area contributed by atoms with Gasteiger partial charge < -0.3 is 0 Å². The van der Waals surface area contributed by atoms with Gasteiger partial charge in [-0.1, -0.05) is 23.2 Å². The Morgan fingerprint density at radius 1 is 0.762 bits per heavy atom. The number of halogens is 2. The molecule has 1 fully saturated rings. The van der Waals surface area contributed by atoms with Crippen LogP contribution in [0.5, 0.6) is 0 Å². The molecule has 6 heteroatoms. The van der Waals surface area contributed by atoms with E-state index in [1.165, 1.54) is 16.2 Å². The minimum absolute atomic E-state index is 0.885. The van der Waals surface area contributed by atoms with Crippen LogP contribution in [0.2, 0.25) is 8.67 Å². The molecule has 1 saturated heterocycles. The minimum Gasteiger partial charge on any atom is -0.297 e. The van der Waals surface area contributed by atoms with E-state index in [9.17, 15) is 0 Å². The molecule has 0 saturated carbocycles. The Bertz CT molecular complexity index is 531. The zero-order valence-electron chi connectivity index (χ0n) is 11.7. The monoisotopic (exact) mass is 360 g/mol. The van der Waals surface area contributed by atoms with Gasteiger partial charge in [-0.2, -0.15) is 0 Å². The predicted octanol–water partition coefficient (Wildman–Crippen LogP) is 4.82. The van der Waals surface area contributed by atoms with Crippen molar-refractivity contribution < 1.29 is 0 Å². The van der Waals surface area contributed by atoms with Crippen LogP contribution in [0.4, 0.5) is 0 Å². The van der Waals surface area contributed by atoms with Crippen LogP contribution in [-0.2, 0) is 13.1 Å². The lowest BCUT2D eigenvalue weighted by atomic mass is 10.3. The molecular formula is C15H18Cl2N2S2. The van der Waals surface area contributed by atoms with Gasteiger partial charge in [0.25, 0.3) is 0 Å². The van der Waals surface area contributed by atoms with Gasteiger partial charge in [-0.15, -0.1) is 22.7 Å². The van der Waals surface area contributed by atoms with Crippen LogP contribution in [0, 0.1) is 0 Å². The van der Waals surface area contributed by atoms with Gasteiger partial charge in [0.05, 0.1) is 8.67 Å². The minimum atomic E-state index is 0.885. The normalized spacial score (nSPS) is 18.0. The van der Waals surface area contributed by atoms with Crippen LogP contribution in [0.1, 0.15) is 16.2 Å². The van der Waals surface area contributed by atoms with Crippen LogP contribution >= 0.6 is 45.9 Å². The van der Waals surface area contributed by atoms with E-state index in [1.807, 2.05) is 12.1 Å². The SMILES string of the molecule is Clc1ccc(CN2CCCN(Cc3ccc(Cl)s3)CC2)s1. The Morgan fingerprint density at radius 3 is 1.62 bits per heavy atom. The van der Waals surface area contributed by atoms with Gasteiger partial charge in [-0.3, -0.25) is 9.80 Å². The van der Waals surface area contributed by atoms with Crippen molar-refractivity contribution in [3.8, 4) is 0 Å². The van der Waals surface area contributed by atoms with Gasteiger partial charge in [-0.25, -0.2) is 0 Å². The second-order valence-corrected chi connectivity index (χ2v) is 8.92. The van der Waals surface area contributed by atoms with E-state index in [0.717, 1.165) is 47.9 Å². The smallest absolute Gasteiger partial charge is 0.0931 e. The third-order valence-corrected chi connectivity index (χ3v) is 6.13. The van der Waals surface area contributed by atoms with Gasteiger partial charge in [0, 0.05) is 35.9 Å². The summed E-state index contributed by atoms with van der Waals surface area (Å²) in [4.78, 5) is 7.78. The molecule has 0 N–H and O–H groups in total. The summed E-state index contributed by atoms with van der Waals surface area (Å²) in [5.74, 6) is 0. The van der Waals surface area contributed by atoms with Crippen molar-refractivity contribution in [2.45, 2.75) is 19.5 Å². The summed E-state index contributed by atoms with van der Waals surface area (Å²) >= 11 is 15.4. The summed E-state index contributed by atoms with van der Waals surface area (Å²) < 4.78 is 1.77. The van der Waals surface area contributed by atoms with E-state index in [0.29, 0.717) is 0 Å². The molecule has 0 atom stereocenters. The lowest BCUT2D eigenvalue weighted by Crippen LogP contribution is -2.29. The van der Waals surface area contributed by atoms with Crippen LogP contribution in [-0.4, -0.2) is 36.0 Å². The Balaban J connectivity index is 1.51. The maximum absolute atomic E-state index is 6.01. The summed E-state index contributed by atoms with van der Waals surface area (Å²) in [5, 5.41) is 0. The number of thiophene rings is 2. The topological polar surface area (TPSA) is 6.48 Å². The molecule has 114 valence electrons. The first-order valence-electron chi connectivity index (χ1n) is 7.12. The maximum Gasteiger partial charge on any atom is 0.0931 e. The highest BCUT2D eigenvalue weighted by Gasteiger charge is 2.16. The molecule has 0 spiro atoms. The van der Waals surface area contributed by atoms with Gasteiger partial charge in [-0.05, 0) is 43.8 Å². The molecule has 0 aliphatic carbocycles. The molecular weight excluding hydrogens is 343 g/mol. The molecule has 3 heterocycles. The number of hydrogen-bond donors (Lipinski definition) is 0. The fraction of sp³-hybridized carbons (Fsp3) is 0.467. The van der Waals surface area contributed by atoms with Crippen molar-refractivity contribution in [2.75, 3.05) is 26.2 Å². The van der Waals surface area contributed by atoms with Gasteiger partial charge in [0.1, 0.15) is 0 Å². The Kier molecular flexibility index (Phi) is 5.60. The Labute approximate surface area is 143 Å². The van der Waals surface area contributed by atoms with Gasteiger partial charge in [0.2, 0.25) is 0 Å². The molecule has 2 aromatic heterocycles. The van der Waals surface area contributed by atoms with Crippen molar-refractivity contribution in [3.63, 3.8) is 0 Å². The highest BCUT2D eigenvalue weighted by Crippen LogP contribution is 2.24. The lowest BCUT2D eigenvalue weighted by molar-refractivity contribution is 0.249. The summed E-state index contributed by atoms with van der Waals surface area (Å²) in [6, 6.07) is 8.27. The largest absolute Gasteiger partial charge is 0.297 e. The molecule has 0 aromatic carbocycles. The number of nitrogens with zero attached hydrogens (tertiary/aromatic N) is 2. The summed E-state index contributed by atoms with van der Waals surface area (Å²) in [5.41, 5.74) is 0. The molecule has 21 heavy (non-hydrogen) atoms. The van der Waals surface area contributed by atoms with Crippen molar-refractivity contribution in [1.82, 2.24) is 9.80 Å². The van der Waals surface area contributed by atoms with Crippen LogP contribution in [0.15, 0.2) is 24.3 Å². The first-order chi connectivity index (χ1) is 10.2. The van der Waals surface area contributed by atoms with E-state index >= 15 is 0 Å². The van der Waals surface area contributed by atoms with Crippen molar-refractivity contribution in [2.24, 2.45) is 0 Å². The average Bonchev–Trinajstić information content (AvgIpc) is 2.96. The van der Waals surface area contributed by atoms with Crippen LogP contribution < -0.4 is 0 Å². The summed E-state index contributed by atoms with van der Waals surface area (Å²) in [6.07, 6.45) is 1.22. The quantitative estimate of drug-likeness (QED) is 0.770. The third-order valence-electron chi connectivity index (χ3n) is 3.70. The van der Waals surface area contributed by atoms with Crippen molar-refractivity contribution >= 4 is 45.9 Å². The number of rotatable bonds is 4. The average molecular weight is 361 g/mol. The van der Waals surface area contributed by atoms with Crippen LogP contribution in [0.3, 0.4) is 0 Å². The molecule has 0 radical (unpaired) electrons. The molecule has 2 aromatic rings. The Morgan fingerprint density at radius 2 is 1.24 bits per heavy atom. The van der Waals surface area contributed by atoms with Crippen molar-refractivity contribution in [1.29, 1.82) is 0 Å². The molecule has 0 unspecified atom stereocenters. The van der Waals surface area contributed by atoms with E-state index in [4.69, 9.17) is 23.2 Å². The second kappa shape index (κ2) is 7.44. The highest BCUT2D eigenvalue weighted by molar-refractivity contribution is 7.16. The third kappa shape index (κ3) is 4.68. The molecule has 2 nitrogen and oxygen atoms in total. The molecule has 0 bridgehead atoms.